The molecule has 6 nitrogen and oxygen atoms in total. The summed E-state index contributed by atoms with van der Waals surface area (Å²) in [5.41, 5.74) is 6.26. The van der Waals surface area contributed by atoms with Gasteiger partial charge in [-0.25, -0.2) is 9.78 Å². The third-order valence-electron chi connectivity index (χ3n) is 6.46. The predicted molar refractivity (Wildman–Crippen MR) is 152 cm³/mol. The predicted octanol–water partition coefficient (Wildman–Crippen LogP) is 6.87. The first kappa shape index (κ1) is 23.1. The van der Waals surface area contributed by atoms with Crippen LogP contribution in [-0.2, 0) is 6.42 Å². The molecule has 0 radical (unpaired) electrons. The lowest BCUT2D eigenvalue weighted by Gasteiger charge is -2.21. The summed E-state index contributed by atoms with van der Waals surface area (Å²) >= 11 is 3.60. The number of nitrogens with zero attached hydrogens (tertiary/aromatic N) is 2. The fourth-order valence-corrected chi connectivity index (χ4v) is 5.12. The van der Waals surface area contributed by atoms with Gasteiger partial charge in [0.1, 0.15) is 5.82 Å². The van der Waals surface area contributed by atoms with E-state index >= 15 is 0 Å². The molecule has 0 amide bonds. The summed E-state index contributed by atoms with van der Waals surface area (Å²) < 4.78 is 2.65. The molecule has 0 saturated carbocycles. The van der Waals surface area contributed by atoms with Gasteiger partial charge < -0.3 is 10.3 Å². The second-order valence-corrected chi connectivity index (χ2v) is 9.82. The molecule has 6 rings (SSSR count). The fraction of sp³-hybridized carbons (Fsp3) is 0.0667. The van der Waals surface area contributed by atoms with E-state index in [9.17, 15) is 4.79 Å². The lowest BCUT2D eigenvalue weighted by molar-refractivity contribution is 0.771. The van der Waals surface area contributed by atoms with Crippen molar-refractivity contribution in [2.45, 2.75) is 12.5 Å². The van der Waals surface area contributed by atoms with Gasteiger partial charge in [-0.05, 0) is 47.9 Å². The van der Waals surface area contributed by atoms with Gasteiger partial charge in [-0.1, -0.05) is 88.7 Å². The van der Waals surface area contributed by atoms with E-state index in [1.54, 1.807) is 10.9 Å². The number of rotatable bonds is 7. The average molecular weight is 550 g/mol. The summed E-state index contributed by atoms with van der Waals surface area (Å²) in [7, 11) is 0. The van der Waals surface area contributed by atoms with E-state index < -0.39 is 0 Å². The van der Waals surface area contributed by atoms with Gasteiger partial charge in [0.2, 0.25) is 0 Å². The van der Waals surface area contributed by atoms with Crippen molar-refractivity contribution < 1.29 is 0 Å². The minimum atomic E-state index is -0.220. The highest BCUT2D eigenvalue weighted by Crippen LogP contribution is 2.33. The van der Waals surface area contributed by atoms with Crippen molar-refractivity contribution in [1.29, 1.82) is 0 Å². The van der Waals surface area contributed by atoms with E-state index in [1.807, 2.05) is 78.9 Å². The molecule has 0 aliphatic heterocycles. The van der Waals surface area contributed by atoms with Crippen LogP contribution in [0.15, 0.2) is 119 Å². The number of hydrogen-bond donors (Lipinski definition) is 3. The highest BCUT2D eigenvalue weighted by atomic mass is 79.9. The zero-order valence-electron chi connectivity index (χ0n) is 19.9. The Morgan fingerprint density at radius 3 is 2.46 bits per heavy atom. The van der Waals surface area contributed by atoms with Gasteiger partial charge in [-0.3, -0.25) is 9.55 Å². The summed E-state index contributed by atoms with van der Waals surface area (Å²) in [5, 5.41) is 3.68. The van der Waals surface area contributed by atoms with Crippen molar-refractivity contribution in [1.82, 2.24) is 19.5 Å². The maximum Gasteiger partial charge on any atom is 0.332 e. The molecule has 0 bridgehead atoms. The van der Waals surface area contributed by atoms with E-state index in [-0.39, 0.29) is 11.7 Å². The smallest absolute Gasteiger partial charge is 0.332 e. The largest absolute Gasteiger partial charge is 0.363 e. The van der Waals surface area contributed by atoms with Crippen LogP contribution >= 0.6 is 15.9 Å². The SMILES string of the molecule is O=c1[nH]c(NC(Cc2ccccc2)c2ccccc2)c(-c2cccc(Br)c2)n1-c1ccc2nc[nH]c2c1. The van der Waals surface area contributed by atoms with Crippen LogP contribution in [0.1, 0.15) is 17.2 Å². The quantitative estimate of drug-likeness (QED) is 0.203. The Balaban J connectivity index is 1.50. The number of hydrogen-bond acceptors (Lipinski definition) is 3. The lowest BCUT2D eigenvalue weighted by Crippen LogP contribution is -2.15. The van der Waals surface area contributed by atoms with E-state index in [4.69, 9.17) is 0 Å². The van der Waals surface area contributed by atoms with Crippen LogP contribution in [0, 0.1) is 0 Å². The van der Waals surface area contributed by atoms with Gasteiger partial charge in [0.15, 0.2) is 0 Å². The molecule has 4 aromatic carbocycles. The molecular formula is C30H24BrN5O. The van der Waals surface area contributed by atoms with Crippen LogP contribution in [0.4, 0.5) is 5.82 Å². The van der Waals surface area contributed by atoms with Crippen molar-refractivity contribution in [2.75, 3.05) is 5.32 Å². The van der Waals surface area contributed by atoms with Crippen LogP contribution in [-0.4, -0.2) is 19.5 Å². The molecule has 7 heteroatoms. The zero-order chi connectivity index (χ0) is 25.2. The first-order chi connectivity index (χ1) is 18.2. The minimum Gasteiger partial charge on any atom is -0.363 e. The zero-order valence-corrected chi connectivity index (χ0v) is 21.4. The average Bonchev–Trinajstić information content (AvgIpc) is 3.52. The van der Waals surface area contributed by atoms with Gasteiger partial charge in [-0.2, -0.15) is 0 Å². The summed E-state index contributed by atoms with van der Waals surface area (Å²) in [6.07, 6.45) is 2.42. The Bertz CT molecular complexity index is 1720. The number of anilines is 1. The van der Waals surface area contributed by atoms with Gasteiger partial charge in [0, 0.05) is 10.0 Å². The van der Waals surface area contributed by atoms with Gasteiger partial charge in [0.05, 0.1) is 34.8 Å². The lowest BCUT2D eigenvalue weighted by atomic mass is 9.98. The molecule has 0 aliphatic carbocycles. The van der Waals surface area contributed by atoms with E-state index in [1.165, 1.54) is 5.56 Å². The second-order valence-electron chi connectivity index (χ2n) is 8.90. The number of nitrogens with one attached hydrogen (secondary N) is 3. The maximum absolute atomic E-state index is 13.5. The van der Waals surface area contributed by atoms with Crippen LogP contribution in [0.3, 0.4) is 0 Å². The molecule has 2 aromatic heterocycles. The van der Waals surface area contributed by atoms with E-state index in [0.717, 1.165) is 44.4 Å². The molecule has 1 atom stereocenters. The number of aromatic nitrogens is 4. The van der Waals surface area contributed by atoms with Crippen molar-refractivity contribution in [2.24, 2.45) is 0 Å². The number of benzene rings is 4. The number of H-pyrrole nitrogens is 2. The fourth-order valence-electron chi connectivity index (χ4n) is 4.72. The third kappa shape index (κ3) is 4.73. The molecule has 1 unspecified atom stereocenters. The van der Waals surface area contributed by atoms with Crippen LogP contribution in [0.2, 0.25) is 0 Å². The van der Waals surface area contributed by atoms with Crippen molar-refractivity contribution >= 4 is 32.8 Å². The summed E-state index contributed by atoms with van der Waals surface area (Å²) in [5.74, 6) is 0.664. The number of aromatic amines is 2. The second kappa shape index (κ2) is 9.95. The van der Waals surface area contributed by atoms with Crippen molar-refractivity contribution in [3.8, 4) is 16.9 Å². The molecule has 0 aliphatic rings. The Morgan fingerprint density at radius 2 is 1.68 bits per heavy atom. The molecule has 182 valence electrons. The van der Waals surface area contributed by atoms with Crippen LogP contribution in [0.5, 0.6) is 0 Å². The Hall–Kier alpha value is -4.36. The van der Waals surface area contributed by atoms with Crippen molar-refractivity contribution in [3.05, 3.63) is 136 Å². The molecule has 6 aromatic rings. The number of imidazole rings is 2. The summed E-state index contributed by atoms with van der Waals surface area (Å²) in [4.78, 5) is 24.1. The van der Waals surface area contributed by atoms with E-state index in [2.05, 4.69) is 60.5 Å². The maximum atomic E-state index is 13.5. The molecule has 3 N–H and O–H groups in total. The summed E-state index contributed by atoms with van der Waals surface area (Å²) in [6.45, 7) is 0. The van der Waals surface area contributed by atoms with E-state index in [0.29, 0.717) is 5.82 Å². The Morgan fingerprint density at radius 1 is 0.892 bits per heavy atom. The molecule has 2 heterocycles. The summed E-state index contributed by atoms with van der Waals surface area (Å²) in [6, 6.07) is 34.4. The monoisotopic (exact) mass is 549 g/mol. The molecule has 0 saturated heterocycles. The van der Waals surface area contributed by atoms with Gasteiger partial charge in [0.25, 0.3) is 0 Å². The van der Waals surface area contributed by atoms with Gasteiger partial charge >= 0.3 is 5.69 Å². The Kier molecular flexibility index (Phi) is 6.20. The van der Waals surface area contributed by atoms with Crippen LogP contribution < -0.4 is 11.0 Å². The highest BCUT2D eigenvalue weighted by molar-refractivity contribution is 9.10. The first-order valence-electron chi connectivity index (χ1n) is 12.1. The topological polar surface area (TPSA) is 78.5 Å². The highest BCUT2D eigenvalue weighted by Gasteiger charge is 2.22. The normalized spacial score (nSPS) is 12.0. The standard InChI is InChI=1S/C30H24BrN5O/c31-23-13-7-12-22(17-23)28-29(35-30(37)36(28)24-14-15-25-27(18-24)33-19-32-25)34-26(21-10-5-2-6-11-21)16-20-8-3-1-4-9-20/h1-15,17-19,26,34H,16H2,(H,32,33)(H,35,37). The molecular weight excluding hydrogens is 526 g/mol. The third-order valence-corrected chi connectivity index (χ3v) is 6.95. The number of halogens is 1. The minimum absolute atomic E-state index is 0.0592. The van der Waals surface area contributed by atoms with Gasteiger partial charge in [-0.15, -0.1) is 0 Å². The molecule has 0 fully saturated rings. The molecule has 0 spiro atoms. The Labute approximate surface area is 222 Å². The van der Waals surface area contributed by atoms with Crippen molar-refractivity contribution in [3.63, 3.8) is 0 Å². The molecule has 37 heavy (non-hydrogen) atoms. The number of fused-ring (bicyclic) bond motifs is 1. The first-order valence-corrected chi connectivity index (χ1v) is 12.8. The van der Waals surface area contributed by atoms with Crippen LogP contribution in [0.25, 0.3) is 28.0 Å².